The Morgan fingerprint density at radius 3 is 2.67 bits per heavy atom. The van der Waals surface area contributed by atoms with Gasteiger partial charge in [-0.2, -0.15) is 0 Å². The van der Waals surface area contributed by atoms with Crippen LogP contribution >= 0.6 is 20.7 Å². The van der Waals surface area contributed by atoms with Crippen molar-refractivity contribution in [2.75, 3.05) is 0 Å². The Balaban J connectivity index is 2.77. The molecule has 1 rings (SSSR count). The average Bonchev–Trinajstić information content (AvgIpc) is 1.72. The van der Waals surface area contributed by atoms with Crippen LogP contribution < -0.4 is 0 Å². The largest absolute Gasteiger partial charge is 0.264 e. The van der Waals surface area contributed by atoms with Crippen LogP contribution in [0.15, 0.2) is 15.3 Å². The molecule has 0 N–H and O–H groups in total. The number of aliphatic imine (C=N–C) groups is 1. The van der Waals surface area contributed by atoms with Crippen molar-refractivity contribution in [3.63, 3.8) is 0 Å². The van der Waals surface area contributed by atoms with Gasteiger partial charge in [-0.25, -0.2) is 0 Å². The highest BCUT2D eigenvalue weighted by Gasteiger charge is 1.66. The normalized spacial score (nSPS) is 17.3. The van der Waals surface area contributed by atoms with Gasteiger partial charge in [-0.1, -0.05) is 20.7 Å². The number of nitrogens with zero attached hydrogens (tertiary/aromatic N) is 1. The molecule has 1 aliphatic heterocycles. The van der Waals surface area contributed by atoms with Gasteiger partial charge in [0.2, 0.25) is 0 Å². The van der Waals surface area contributed by atoms with Crippen molar-refractivity contribution in [2.45, 2.75) is 0 Å². The smallest absolute Gasteiger partial charge is 0.0324 e. The van der Waals surface area contributed by atoms with Crippen molar-refractivity contribution in [2.24, 2.45) is 4.99 Å². The van der Waals surface area contributed by atoms with Crippen LogP contribution in [0.5, 0.6) is 0 Å². The summed E-state index contributed by atoms with van der Waals surface area (Å²) < 4.78 is 4.25. The first kappa shape index (κ1) is 4.18. The maximum Gasteiger partial charge on any atom is 0.0324 e. The van der Waals surface area contributed by atoms with E-state index < -0.39 is 0 Å². The molecule has 0 fully saturated rings. The van der Waals surface area contributed by atoms with Crippen molar-refractivity contribution < 1.29 is 0 Å². The molecule has 0 aromatic carbocycles. The molecule has 32 valence electrons. The van der Waals surface area contributed by atoms with E-state index in [-0.39, 0.29) is 20.7 Å². The Morgan fingerprint density at radius 2 is 2.50 bits per heavy atom. The van der Waals surface area contributed by atoms with E-state index in [4.69, 9.17) is 0 Å². The molecule has 0 aromatic heterocycles. The minimum Gasteiger partial charge on any atom is -0.264 e. The van der Waals surface area contributed by atoms with Crippen molar-refractivity contribution in [3.05, 3.63) is 10.3 Å². The second-order valence-corrected chi connectivity index (χ2v) is 2.98. The molecule has 0 atom stereocenters. The molecule has 2 heteroatoms. The Morgan fingerprint density at radius 1 is 1.50 bits per heavy atom. The Labute approximate surface area is 46.5 Å². The predicted molar refractivity (Wildman–Crippen MR) is 37.7 cm³/mol. The lowest BCUT2D eigenvalue weighted by molar-refractivity contribution is 1.64. The van der Waals surface area contributed by atoms with E-state index in [1.165, 1.54) is 0 Å². The highest BCUT2D eigenvalue weighted by molar-refractivity contribution is 14.2. The second kappa shape index (κ2) is 2.23. The summed E-state index contributed by atoms with van der Waals surface area (Å²) in [4.78, 5) is 3.84. The van der Waals surface area contributed by atoms with Crippen LogP contribution in [0.3, 0.4) is 0 Å². The fourth-order valence-corrected chi connectivity index (χ4v) is 1.20. The summed E-state index contributed by atoms with van der Waals surface area (Å²) in [6, 6.07) is 0. The number of hydrogen-bond donors (Lipinski definition) is 0. The van der Waals surface area contributed by atoms with Crippen LogP contribution in [0, 0.1) is 0 Å². The Bertz CT molecular complexity index is 76.9. The zero-order chi connectivity index (χ0) is 4.24. The minimum absolute atomic E-state index is 0.260. The molecule has 0 saturated heterocycles. The third-order valence-corrected chi connectivity index (χ3v) is 1.90. The number of rotatable bonds is 0. The summed E-state index contributed by atoms with van der Waals surface area (Å²) in [5.74, 6) is 0. The summed E-state index contributed by atoms with van der Waals surface area (Å²) in [5.41, 5.74) is 0. The molecule has 0 radical (unpaired) electrons. The summed E-state index contributed by atoms with van der Waals surface area (Å²) in [6.45, 7) is 0. The summed E-state index contributed by atoms with van der Waals surface area (Å²) in [6.07, 6.45) is 3.71. The van der Waals surface area contributed by atoms with Gasteiger partial charge >= 0.3 is 0 Å². The first-order chi connectivity index (χ1) is 3.00. The van der Waals surface area contributed by atoms with E-state index in [1.807, 2.05) is 12.4 Å². The molecule has 0 aliphatic carbocycles. The topological polar surface area (TPSA) is 12.4 Å². The lowest BCUT2D eigenvalue weighted by Crippen LogP contribution is -1.68. The first-order valence-corrected chi connectivity index (χ1v) is 4.11. The summed E-state index contributed by atoms with van der Waals surface area (Å²) >= 11 is 0.260. The van der Waals surface area contributed by atoms with Gasteiger partial charge in [0.05, 0.1) is 0 Å². The maximum absolute atomic E-state index is 3.84. The minimum atomic E-state index is 0.260. The van der Waals surface area contributed by atoms with E-state index in [2.05, 4.69) is 13.1 Å². The highest BCUT2D eigenvalue weighted by Crippen LogP contribution is 1.98. The van der Waals surface area contributed by atoms with Gasteiger partial charge in [0.1, 0.15) is 0 Å². The van der Waals surface area contributed by atoms with Crippen LogP contribution in [0.1, 0.15) is 0 Å². The Hall–Kier alpha value is 0.01000. The Kier molecular flexibility index (Phi) is 1.55. The molecule has 1 nitrogen and oxygen atoms in total. The zero-order valence-electron chi connectivity index (χ0n) is 3.13. The molecular weight excluding hydrogens is 189 g/mol. The van der Waals surface area contributed by atoms with Crippen molar-refractivity contribution in [1.29, 1.82) is 0 Å². The number of hydrogen-bond acceptors (Lipinski definition) is 1. The van der Waals surface area contributed by atoms with Gasteiger partial charge in [-0.15, -0.1) is 0 Å². The van der Waals surface area contributed by atoms with Gasteiger partial charge in [-0.05, 0) is 8.09 Å². The van der Waals surface area contributed by atoms with Gasteiger partial charge < -0.3 is 0 Å². The molecule has 0 aromatic rings. The highest BCUT2D eigenvalue weighted by atomic mass is 127. The monoisotopic (exact) mass is 193 g/mol. The van der Waals surface area contributed by atoms with Crippen LogP contribution in [0.25, 0.3) is 0 Å². The van der Waals surface area contributed by atoms with Crippen molar-refractivity contribution >= 4 is 31.0 Å². The van der Waals surface area contributed by atoms with E-state index >= 15 is 0 Å². The van der Waals surface area contributed by atoms with Crippen LogP contribution in [-0.2, 0) is 0 Å². The quantitative estimate of drug-likeness (QED) is 0.514. The van der Waals surface area contributed by atoms with Crippen molar-refractivity contribution in [3.8, 4) is 0 Å². The predicted octanol–water partition coefficient (Wildman–Crippen LogP) is 1.31. The standard InChI is InChI=1S/C4H4IN/c1-3-6-4-2-5-1/h1-4H. The fourth-order valence-electron chi connectivity index (χ4n) is 0.222. The van der Waals surface area contributed by atoms with E-state index in [0.717, 1.165) is 0 Å². The zero-order valence-corrected chi connectivity index (χ0v) is 5.29. The fraction of sp³-hybridized carbons (Fsp3) is 0. The second-order valence-electron chi connectivity index (χ2n) is 0.825. The lowest BCUT2D eigenvalue weighted by Gasteiger charge is -1.76. The molecule has 0 bridgehead atoms. The van der Waals surface area contributed by atoms with Gasteiger partial charge in [0.25, 0.3) is 0 Å². The van der Waals surface area contributed by atoms with Crippen LogP contribution in [-0.4, -0.2) is 10.2 Å². The van der Waals surface area contributed by atoms with E-state index in [1.54, 1.807) is 0 Å². The van der Waals surface area contributed by atoms with Gasteiger partial charge in [0.15, 0.2) is 0 Å². The maximum atomic E-state index is 3.84. The summed E-state index contributed by atoms with van der Waals surface area (Å²) in [5, 5.41) is 0. The first-order valence-electron chi connectivity index (χ1n) is 1.62. The van der Waals surface area contributed by atoms with Crippen molar-refractivity contribution in [1.82, 2.24) is 0 Å². The third kappa shape index (κ3) is 1.01. The molecule has 6 heavy (non-hydrogen) atoms. The lowest BCUT2D eigenvalue weighted by atomic mass is 10.9. The molecule has 0 unspecified atom stereocenters. The van der Waals surface area contributed by atoms with E-state index in [9.17, 15) is 0 Å². The molecule has 1 aliphatic rings. The molecule has 1 heterocycles. The van der Waals surface area contributed by atoms with Crippen LogP contribution in [0.4, 0.5) is 0 Å². The SMILES string of the molecule is C1=CI=CC=N1. The summed E-state index contributed by atoms with van der Waals surface area (Å²) in [7, 11) is 0. The third-order valence-electron chi connectivity index (χ3n) is 0.430. The molecule has 0 amide bonds. The molecule has 0 saturated carbocycles. The van der Waals surface area contributed by atoms with Gasteiger partial charge in [0, 0.05) is 12.4 Å². The molecule has 0 spiro atoms. The number of halogens is 1. The van der Waals surface area contributed by atoms with E-state index in [0.29, 0.717) is 0 Å². The van der Waals surface area contributed by atoms with Gasteiger partial charge in [-0.3, -0.25) is 4.99 Å². The van der Waals surface area contributed by atoms with Crippen LogP contribution in [0.2, 0.25) is 0 Å². The molecular formula is C4H4IN. The average molecular weight is 193 g/mol.